The summed E-state index contributed by atoms with van der Waals surface area (Å²) in [5, 5.41) is 11.7. The molecule has 0 radical (unpaired) electrons. The van der Waals surface area contributed by atoms with E-state index in [0.29, 0.717) is 23.4 Å². The second kappa shape index (κ2) is 9.26. The third-order valence-electron chi connectivity index (χ3n) is 5.83. The van der Waals surface area contributed by atoms with Crippen molar-refractivity contribution >= 4 is 16.7 Å². The molecule has 0 aliphatic carbocycles. The molecule has 1 amide bonds. The molecule has 3 heterocycles. The van der Waals surface area contributed by atoms with Crippen LogP contribution in [0, 0.1) is 12.8 Å². The number of amides is 1. The second-order valence-corrected chi connectivity index (χ2v) is 8.06. The Morgan fingerprint density at radius 3 is 2.87 bits per heavy atom. The van der Waals surface area contributed by atoms with E-state index < -0.39 is 5.91 Å². The van der Waals surface area contributed by atoms with Gasteiger partial charge in [-0.25, -0.2) is 4.68 Å². The Morgan fingerprint density at radius 2 is 2.06 bits per heavy atom. The topological polar surface area (TPSA) is 98.0 Å². The maximum atomic E-state index is 13.0. The largest absolute Gasteiger partial charge is 0.350 e. The summed E-state index contributed by atoms with van der Waals surface area (Å²) in [5.41, 5.74) is 0.322. The van der Waals surface area contributed by atoms with E-state index in [9.17, 15) is 14.4 Å². The van der Waals surface area contributed by atoms with Crippen molar-refractivity contribution in [1.82, 2.24) is 25.0 Å². The Hall–Kier alpha value is -3.26. The van der Waals surface area contributed by atoms with Gasteiger partial charge in [0.25, 0.3) is 17.0 Å². The first-order valence-electron chi connectivity index (χ1n) is 10.7. The normalized spacial score (nSPS) is 16.4. The van der Waals surface area contributed by atoms with E-state index in [2.05, 4.69) is 15.7 Å². The number of carbonyl (C=O) groups is 1. The molecule has 0 bridgehead atoms. The number of benzene rings is 1. The first kappa shape index (κ1) is 21.0. The molecule has 1 aliphatic rings. The van der Waals surface area contributed by atoms with Crippen LogP contribution in [-0.2, 0) is 13.1 Å². The zero-order chi connectivity index (χ0) is 21.8. The minimum absolute atomic E-state index is 0.157. The SMILES string of the molecule is Cc1ccn(CC2CCCNC2)c(=O)c1C(=O)NCCn1ncc2ccccc2c1=O. The third kappa shape index (κ3) is 4.59. The predicted octanol–water partition coefficient (Wildman–Crippen LogP) is 1.30. The van der Waals surface area contributed by atoms with Crippen molar-refractivity contribution in [3.63, 3.8) is 0 Å². The number of nitrogens with zero attached hydrogens (tertiary/aromatic N) is 3. The van der Waals surface area contributed by atoms with Gasteiger partial charge in [0.05, 0.1) is 18.1 Å². The monoisotopic (exact) mass is 421 g/mol. The second-order valence-electron chi connectivity index (χ2n) is 8.06. The van der Waals surface area contributed by atoms with Crippen molar-refractivity contribution in [3.05, 3.63) is 74.6 Å². The Labute approximate surface area is 179 Å². The molecule has 1 fully saturated rings. The van der Waals surface area contributed by atoms with Crippen molar-refractivity contribution in [2.75, 3.05) is 19.6 Å². The molecule has 8 nitrogen and oxygen atoms in total. The quantitative estimate of drug-likeness (QED) is 0.625. The highest BCUT2D eigenvalue weighted by Crippen LogP contribution is 2.12. The van der Waals surface area contributed by atoms with E-state index in [1.807, 2.05) is 24.3 Å². The van der Waals surface area contributed by atoms with Gasteiger partial charge in [-0.15, -0.1) is 0 Å². The van der Waals surface area contributed by atoms with Crippen LogP contribution in [0.5, 0.6) is 0 Å². The van der Waals surface area contributed by atoms with E-state index in [1.54, 1.807) is 30.0 Å². The summed E-state index contributed by atoms with van der Waals surface area (Å²) in [7, 11) is 0. The highest BCUT2D eigenvalue weighted by Gasteiger charge is 2.19. The molecule has 3 aromatic rings. The third-order valence-corrected chi connectivity index (χ3v) is 5.83. The van der Waals surface area contributed by atoms with Crippen molar-refractivity contribution in [3.8, 4) is 0 Å². The molecule has 4 rings (SSSR count). The van der Waals surface area contributed by atoms with Gasteiger partial charge in [-0.1, -0.05) is 18.2 Å². The number of aromatic nitrogens is 3. The highest BCUT2D eigenvalue weighted by molar-refractivity contribution is 5.95. The lowest BCUT2D eigenvalue weighted by atomic mass is 9.99. The zero-order valence-corrected chi connectivity index (χ0v) is 17.6. The summed E-state index contributed by atoms with van der Waals surface area (Å²) < 4.78 is 2.96. The fraction of sp³-hybridized carbons (Fsp3) is 0.391. The molecular weight excluding hydrogens is 394 g/mol. The van der Waals surface area contributed by atoms with Crippen LogP contribution in [0.1, 0.15) is 28.8 Å². The fourth-order valence-corrected chi connectivity index (χ4v) is 4.09. The number of carbonyl (C=O) groups excluding carboxylic acids is 1. The first-order chi connectivity index (χ1) is 15.0. The number of aryl methyl sites for hydroxylation is 1. The Balaban J connectivity index is 1.45. The van der Waals surface area contributed by atoms with E-state index in [0.717, 1.165) is 31.3 Å². The van der Waals surface area contributed by atoms with Crippen LogP contribution in [0.4, 0.5) is 0 Å². The molecule has 1 aliphatic heterocycles. The lowest BCUT2D eigenvalue weighted by molar-refractivity contribution is 0.0948. The van der Waals surface area contributed by atoms with Crippen molar-refractivity contribution in [2.24, 2.45) is 5.92 Å². The summed E-state index contributed by atoms with van der Waals surface area (Å²) in [6.45, 7) is 4.69. The highest BCUT2D eigenvalue weighted by atomic mass is 16.2. The van der Waals surface area contributed by atoms with Gasteiger partial charge in [-0.3, -0.25) is 14.4 Å². The summed E-state index contributed by atoms with van der Waals surface area (Å²) in [5.74, 6) is -0.0385. The van der Waals surface area contributed by atoms with Crippen LogP contribution < -0.4 is 21.8 Å². The molecule has 31 heavy (non-hydrogen) atoms. The Bertz CT molecular complexity index is 1210. The molecule has 0 saturated carbocycles. The number of hydrogen-bond acceptors (Lipinski definition) is 5. The molecule has 1 atom stereocenters. The van der Waals surface area contributed by atoms with E-state index in [1.165, 1.54) is 4.68 Å². The number of hydrogen-bond donors (Lipinski definition) is 2. The van der Waals surface area contributed by atoms with Crippen molar-refractivity contribution in [2.45, 2.75) is 32.9 Å². The van der Waals surface area contributed by atoms with Gasteiger partial charge >= 0.3 is 0 Å². The van der Waals surface area contributed by atoms with Crippen LogP contribution in [0.25, 0.3) is 10.8 Å². The molecule has 1 aromatic carbocycles. The van der Waals surface area contributed by atoms with Gasteiger partial charge in [0, 0.05) is 24.7 Å². The van der Waals surface area contributed by atoms with Crippen molar-refractivity contribution < 1.29 is 4.79 Å². The Kier molecular flexibility index (Phi) is 6.27. The average Bonchev–Trinajstić information content (AvgIpc) is 2.78. The van der Waals surface area contributed by atoms with E-state index in [-0.39, 0.29) is 29.8 Å². The van der Waals surface area contributed by atoms with E-state index in [4.69, 9.17) is 0 Å². The molecule has 2 aromatic heterocycles. The van der Waals surface area contributed by atoms with Gasteiger partial charge in [0.1, 0.15) is 5.56 Å². The van der Waals surface area contributed by atoms with Gasteiger partial charge in [-0.05, 0) is 56.5 Å². The maximum Gasteiger partial charge on any atom is 0.274 e. The number of rotatable bonds is 6. The maximum absolute atomic E-state index is 13.0. The number of pyridine rings is 1. The average molecular weight is 422 g/mol. The number of nitrogens with one attached hydrogen (secondary N) is 2. The standard InChI is InChI=1S/C23H27N5O3/c1-16-8-11-27(15-17-5-4-9-24-13-17)23(31)20(16)21(29)25-10-12-28-22(30)19-7-3-2-6-18(19)14-26-28/h2-3,6-8,11,14,17,24H,4-5,9-10,12-13,15H2,1H3,(H,25,29). The van der Waals surface area contributed by atoms with Crippen LogP contribution in [0.3, 0.4) is 0 Å². The summed E-state index contributed by atoms with van der Waals surface area (Å²) in [6.07, 6.45) is 5.57. The molecule has 2 N–H and O–H groups in total. The number of fused-ring (bicyclic) bond motifs is 1. The molecule has 1 unspecified atom stereocenters. The smallest absolute Gasteiger partial charge is 0.274 e. The zero-order valence-electron chi connectivity index (χ0n) is 17.6. The van der Waals surface area contributed by atoms with Gasteiger partial charge in [0.2, 0.25) is 0 Å². The minimum atomic E-state index is -0.424. The van der Waals surface area contributed by atoms with Crippen LogP contribution in [0.15, 0.2) is 52.3 Å². The van der Waals surface area contributed by atoms with Gasteiger partial charge in [0.15, 0.2) is 0 Å². The van der Waals surface area contributed by atoms with E-state index >= 15 is 0 Å². The van der Waals surface area contributed by atoms with Crippen LogP contribution >= 0.6 is 0 Å². The summed E-state index contributed by atoms with van der Waals surface area (Å²) in [6, 6.07) is 9.06. The molecule has 0 spiro atoms. The van der Waals surface area contributed by atoms with Crippen LogP contribution in [0.2, 0.25) is 0 Å². The van der Waals surface area contributed by atoms with Gasteiger partial charge in [-0.2, -0.15) is 5.10 Å². The predicted molar refractivity (Wildman–Crippen MR) is 119 cm³/mol. The number of piperidine rings is 1. The molecule has 8 heteroatoms. The molecule has 1 saturated heterocycles. The molecule has 162 valence electrons. The first-order valence-corrected chi connectivity index (χ1v) is 10.7. The van der Waals surface area contributed by atoms with Crippen LogP contribution in [-0.4, -0.2) is 39.9 Å². The minimum Gasteiger partial charge on any atom is -0.350 e. The lowest BCUT2D eigenvalue weighted by Crippen LogP contribution is -2.39. The summed E-state index contributed by atoms with van der Waals surface area (Å²) >= 11 is 0. The fourth-order valence-electron chi connectivity index (χ4n) is 4.09. The van der Waals surface area contributed by atoms with Crippen molar-refractivity contribution in [1.29, 1.82) is 0 Å². The lowest BCUT2D eigenvalue weighted by Gasteiger charge is -2.23. The Morgan fingerprint density at radius 1 is 1.23 bits per heavy atom. The summed E-state index contributed by atoms with van der Waals surface area (Å²) in [4.78, 5) is 38.3. The molecular formula is C23H27N5O3. The van der Waals surface area contributed by atoms with Gasteiger partial charge < -0.3 is 15.2 Å².